The first-order valence-electron chi connectivity index (χ1n) is 5.80. The third-order valence-electron chi connectivity index (χ3n) is 2.45. The Morgan fingerprint density at radius 1 is 1.35 bits per heavy atom. The molecule has 0 radical (unpaired) electrons. The molecule has 0 N–H and O–H groups in total. The van der Waals surface area contributed by atoms with Crippen LogP contribution >= 0.6 is 36.1 Å². The van der Waals surface area contributed by atoms with Crippen LogP contribution in [0.15, 0.2) is 10.5 Å². The first-order valence-corrected chi connectivity index (χ1v) is 8.18. The molecule has 0 aliphatic rings. The number of methoxy groups -OCH3 is 2. The molecular formula is C13H18BrClLiO3P. The molecule has 20 heavy (non-hydrogen) atoms. The molecule has 108 valence electrons. The number of halogens is 2. The van der Waals surface area contributed by atoms with E-state index in [9.17, 15) is 4.79 Å². The molecule has 1 aromatic rings. The maximum absolute atomic E-state index is 12.4. The molecule has 0 aliphatic carbocycles. The van der Waals surface area contributed by atoms with Gasteiger partial charge in [0.25, 0.3) is 0 Å². The van der Waals surface area contributed by atoms with Gasteiger partial charge in [-0.3, -0.25) is 4.79 Å². The van der Waals surface area contributed by atoms with Crippen molar-refractivity contribution in [2.45, 2.75) is 13.8 Å². The van der Waals surface area contributed by atoms with Crippen molar-refractivity contribution in [2.75, 3.05) is 20.4 Å². The summed E-state index contributed by atoms with van der Waals surface area (Å²) >= 11 is 9.47. The van der Waals surface area contributed by atoms with Crippen LogP contribution < -0.4 is 9.47 Å². The van der Waals surface area contributed by atoms with Gasteiger partial charge in [-0.05, 0) is 42.7 Å². The van der Waals surface area contributed by atoms with E-state index in [1.165, 1.54) is 14.2 Å². The van der Waals surface area contributed by atoms with Gasteiger partial charge in [0.2, 0.25) is 0 Å². The standard InChI is InChI=1S/C13H17BrClO3P.Li.H/c1-7(2)6-19-13(16)10-11(17-3)8(14)5-9(15)12(10)18-4;;/h5,7,19H,6H2,1-4H3;;. The van der Waals surface area contributed by atoms with Crippen molar-refractivity contribution in [3.05, 3.63) is 21.1 Å². The van der Waals surface area contributed by atoms with Gasteiger partial charge in [-0.25, -0.2) is 0 Å². The molecule has 0 saturated heterocycles. The summed E-state index contributed by atoms with van der Waals surface area (Å²) in [7, 11) is 3.20. The number of rotatable bonds is 6. The summed E-state index contributed by atoms with van der Waals surface area (Å²) in [6.45, 7) is 4.17. The summed E-state index contributed by atoms with van der Waals surface area (Å²) in [6, 6.07) is 1.67. The van der Waals surface area contributed by atoms with E-state index >= 15 is 0 Å². The van der Waals surface area contributed by atoms with E-state index in [0.717, 1.165) is 6.16 Å². The topological polar surface area (TPSA) is 35.5 Å². The molecule has 3 nitrogen and oxygen atoms in total. The summed E-state index contributed by atoms with van der Waals surface area (Å²) in [6.07, 6.45) is 0.843. The molecular weight excluding hydrogens is 357 g/mol. The van der Waals surface area contributed by atoms with Gasteiger partial charge in [-0.2, -0.15) is 0 Å². The average Bonchev–Trinajstić information content (AvgIpc) is 2.35. The molecule has 0 spiro atoms. The van der Waals surface area contributed by atoms with Gasteiger partial charge >= 0.3 is 18.9 Å². The first-order chi connectivity index (χ1) is 8.92. The summed E-state index contributed by atoms with van der Waals surface area (Å²) in [5.41, 5.74) is 0.425. The van der Waals surface area contributed by atoms with Crippen molar-refractivity contribution in [1.29, 1.82) is 0 Å². The fourth-order valence-corrected chi connectivity index (χ4v) is 3.57. The van der Waals surface area contributed by atoms with E-state index in [1.54, 1.807) is 6.07 Å². The molecule has 7 heteroatoms. The molecule has 1 rings (SSSR count). The van der Waals surface area contributed by atoms with Gasteiger partial charge in [0.05, 0.1) is 23.7 Å². The number of benzene rings is 1. The zero-order valence-corrected chi connectivity index (χ0v) is 14.7. The molecule has 1 aromatic carbocycles. The van der Waals surface area contributed by atoms with Crippen molar-refractivity contribution in [3.63, 3.8) is 0 Å². The second-order valence-electron chi connectivity index (χ2n) is 4.39. The van der Waals surface area contributed by atoms with E-state index < -0.39 is 0 Å². The fourth-order valence-electron chi connectivity index (χ4n) is 1.57. The predicted molar refractivity (Wildman–Crippen MR) is 91.8 cm³/mol. The van der Waals surface area contributed by atoms with Crippen molar-refractivity contribution in [2.24, 2.45) is 5.92 Å². The molecule has 0 aromatic heterocycles. The Bertz CT molecular complexity index is 455. The van der Waals surface area contributed by atoms with Crippen molar-refractivity contribution in [1.82, 2.24) is 0 Å². The van der Waals surface area contributed by atoms with Gasteiger partial charge in [0, 0.05) is 0 Å². The Balaban J connectivity index is 0.00000361. The van der Waals surface area contributed by atoms with Crippen LogP contribution in [-0.4, -0.2) is 44.8 Å². The summed E-state index contributed by atoms with van der Waals surface area (Å²) in [4.78, 5) is 12.4. The Morgan fingerprint density at radius 2 is 1.90 bits per heavy atom. The Labute approximate surface area is 147 Å². The van der Waals surface area contributed by atoms with Crippen LogP contribution in [0.5, 0.6) is 11.5 Å². The molecule has 0 amide bonds. The van der Waals surface area contributed by atoms with E-state index in [2.05, 4.69) is 29.8 Å². The van der Waals surface area contributed by atoms with Gasteiger partial charge in [0.1, 0.15) is 11.3 Å². The van der Waals surface area contributed by atoms with Gasteiger partial charge in [0.15, 0.2) is 11.3 Å². The van der Waals surface area contributed by atoms with Crippen molar-refractivity contribution in [3.8, 4) is 11.5 Å². The molecule has 0 saturated carbocycles. The second-order valence-corrected chi connectivity index (χ2v) is 6.86. The first kappa shape index (κ1) is 20.3. The summed E-state index contributed by atoms with van der Waals surface area (Å²) < 4.78 is 11.2. The Hall–Kier alpha value is 0.287. The van der Waals surface area contributed by atoms with E-state index in [-0.39, 0.29) is 33.0 Å². The summed E-state index contributed by atoms with van der Waals surface area (Å²) in [5.74, 6) is 1.33. The zero-order valence-electron chi connectivity index (χ0n) is 11.3. The van der Waals surface area contributed by atoms with Crippen LogP contribution in [-0.2, 0) is 0 Å². The van der Waals surface area contributed by atoms with Crippen LogP contribution in [0.2, 0.25) is 5.02 Å². The third-order valence-corrected chi connectivity index (χ3v) is 4.91. The van der Waals surface area contributed by atoms with Crippen LogP contribution in [0, 0.1) is 5.92 Å². The van der Waals surface area contributed by atoms with Crippen molar-refractivity contribution < 1.29 is 14.3 Å². The Morgan fingerprint density at radius 3 is 2.35 bits per heavy atom. The van der Waals surface area contributed by atoms with Crippen molar-refractivity contribution >= 4 is 60.5 Å². The minimum atomic E-state index is 0. The zero-order chi connectivity index (χ0) is 14.6. The third kappa shape index (κ3) is 4.93. The van der Waals surface area contributed by atoms with Gasteiger partial charge < -0.3 is 9.47 Å². The monoisotopic (exact) mass is 374 g/mol. The number of hydrogen-bond donors (Lipinski definition) is 0. The van der Waals surface area contributed by atoms with E-state index in [0.29, 0.717) is 32.5 Å². The average molecular weight is 376 g/mol. The molecule has 0 fully saturated rings. The second kappa shape index (κ2) is 9.33. The number of carbonyl (C=O) groups is 1. The van der Waals surface area contributed by atoms with Crippen LogP contribution in [0.4, 0.5) is 0 Å². The normalized spacial score (nSPS) is 10.8. The van der Waals surface area contributed by atoms with Gasteiger partial charge in [-0.15, -0.1) is 0 Å². The SMILES string of the molecule is COc1c(Cl)cc(Br)c(OC)c1C(=O)PCC(C)C.[LiH]. The number of hydrogen-bond acceptors (Lipinski definition) is 3. The fraction of sp³-hybridized carbons (Fsp3) is 0.462. The maximum atomic E-state index is 12.4. The minimum absolute atomic E-state index is 0. The van der Waals surface area contributed by atoms with E-state index in [4.69, 9.17) is 21.1 Å². The van der Waals surface area contributed by atoms with E-state index in [1.807, 2.05) is 0 Å². The van der Waals surface area contributed by atoms with Crippen LogP contribution in [0.3, 0.4) is 0 Å². The molecule has 1 unspecified atom stereocenters. The molecule has 0 heterocycles. The number of carbonyl (C=O) groups excluding carboxylic acids is 1. The molecule has 0 aliphatic heterocycles. The van der Waals surface area contributed by atoms with Crippen LogP contribution in [0.1, 0.15) is 24.2 Å². The number of ether oxygens (including phenoxy) is 2. The predicted octanol–water partition coefficient (Wildman–Crippen LogP) is 3.95. The summed E-state index contributed by atoms with van der Waals surface area (Å²) in [5, 5.41) is 0.396. The van der Waals surface area contributed by atoms with Gasteiger partial charge in [-0.1, -0.05) is 25.4 Å². The molecule has 0 bridgehead atoms. The quantitative estimate of drug-likeness (QED) is 0.558. The van der Waals surface area contributed by atoms with Crippen LogP contribution in [0.25, 0.3) is 0 Å². The molecule has 1 atom stereocenters. The Kier molecular flexibility index (Phi) is 9.47.